The first kappa shape index (κ1) is 14.1. The molecule has 2 saturated heterocycles. The van der Waals surface area contributed by atoms with Crippen LogP contribution in [0, 0.1) is 0 Å². The summed E-state index contributed by atoms with van der Waals surface area (Å²) < 4.78 is 0. The largest absolute Gasteiger partial charge is 0.309 e. The minimum absolute atomic E-state index is 0.710. The van der Waals surface area contributed by atoms with Gasteiger partial charge in [0.05, 0.1) is 0 Å². The average Bonchev–Trinajstić information content (AvgIpc) is 3.08. The molecule has 1 aromatic carbocycles. The summed E-state index contributed by atoms with van der Waals surface area (Å²) in [5, 5.41) is 3.85. The van der Waals surface area contributed by atoms with E-state index in [2.05, 4.69) is 52.5 Å². The summed E-state index contributed by atoms with van der Waals surface area (Å²) in [6.45, 7) is 6.16. The third-order valence-electron chi connectivity index (χ3n) is 4.69. The van der Waals surface area contributed by atoms with Crippen LogP contribution in [-0.4, -0.2) is 61.7 Å². The van der Waals surface area contributed by atoms with Crippen LogP contribution in [0.1, 0.15) is 18.4 Å². The highest BCUT2D eigenvalue weighted by Crippen LogP contribution is 2.14. The van der Waals surface area contributed by atoms with Crippen LogP contribution in [0.4, 0.5) is 0 Å². The molecule has 1 N–H and O–H groups in total. The van der Waals surface area contributed by atoms with Gasteiger partial charge in [0.2, 0.25) is 0 Å². The minimum atomic E-state index is 0.710. The summed E-state index contributed by atoms with van der Waals surface area (Å²) >= 11 is 0. The third-order valence-corrected chi connectivity index (χ3v) is 4.69. The second-order valence-corrected chi connectivity index (χ2v) is 6.44. The zero-order valence-electron chi connectivity index (χ0n) is 12.6. The number of likely N-dealkylation sites (tertiary alicyclic amines) is 2. The van der Waals surface area contributed by atoms with E-state index in [0.717, 1.165) is 6.04 Å². The highest BCUT2D eigenvalue weighted by atomic mass is 15.2. The van der Waals surface area contributed by atoms with Crippen LogP contribution in [0.25, 0.3) is 0 Å². The standard InChI is InChI=1S/C17H27N3/c1-19-10-8-16(13-19)18-17-9-12-20(14-17)11-7-15-5-3-2-4-6-15/h2-6,16-18H,7-14H2,1H3. The van der Waals surface area contributed by atoms with Gasteiger partial charge in [-0.1, -0.05) is 30.3 Å². The lowest BCUT2D eigenvalue weighted by Gasteiger charge is -2.20. The Balaban J connectivity index is 1.39. The molecule has 3 nitrogen and oxygen atoms in total. The fourth-order valence-corrected chi connectivity index (χ4v) is 3.51. The zero-order valence-corrected chi connectivity index (χ0v) is 12.6. The second-order valence-electron chi connectivity index (χ2n) is 6.44. The molecule has 0 aliphatic carbocycles. The first-order chi connectivity index (χ1) is 9.79. The molecule has 3 rings (SSSR count). The summed E-state index contributed by atoms with van der Waals surface area (Å²) in [7, 11) is 2.22. The van der Waals surface area contributed by atoms with E-state index < -0.39 is 0 Å². The van der Waals surface area contributed by atoms with E-state index in [4.69, 9.17) is 0 Å². The van der Waals surface area contributed by atoms with Crippen molar-refractivity contribution in [2.45, 2.75) is 31.3 Å². The molecule has 0 radical (unpaired) electrons. The summed E-state index contributed by atoms with van der Waals surface area (Å²) in [6, 6.07) is 12.3. The van der Waals surface area contributed by atoms with Gasteiger partial charge in [0, 0.05) is 31.7 Å². The first-order valence-electron chi connectivity index (χ1n) is 8.00. The van der Waals surface area contributed by atoms with E-state index in [9.17, 15) is 0 Å². The Labute approximate surface area is 123 Å². The minimum Gasteiger partial charge on any atom is -0.309 e. The van der Waals surface area contributed by atoms with Crippen LogP contribution >= 0.6 is 0 Å². The molecule has 0 aromatic heterocycles. The number of nitrogens with zero attached hydrogens (tertiary/aromatic N) is 2. The second kappa shape index (κ2) is 6.70. The van der Waals surface area contributed by atoms with E-state index in [1.165, 1.54) is 57.5 Å². The van der Waals surface area contributed by atoms with Crippen LogP contribution in [0.5, 0.6) is 0 Å². The summed E-state index contributed by atoms with van der Waals surface area (Å²) in [6.07, 6.45) is 3.81. The van der Waals surface area contributed by atoms with Crippen molar-refractivity contribution in [2.75, 3.05) is 39.8 Å². The SMILES string of the molecule is CN1CCC(NC2CCN(CCc3ccccc3)C2)C1. The molecule has 0 bridgehead atoms. The fraction of sp³-hybridized carbons (Fsp3) is 0.647. The number of hydrogen-bond acceptors (Lipinski definition) is 3. The van der Waals surface area contributed by atoms with Crippen molar-refractivity contribution in [3.63, 3.8) is 0 Å². The molecule has 2 aliphatic rings. The molecule has 1 aromatic rings. The van der Waals surface area contributed by atoms with Crippen LogP contribution in [0.15, 0.2) is 30.3 Å². The lowest BCUT2D eigenvalue weighted by atomic mass is 10.1. The highest BCUT2D eigenvalue weighted by Gasteiger charge is 2.26. The lowest BCUT2D eigenvalue weighted by Crippen LogP contribution is -2.41. The Morgan fingerprint density at radius 1 is 1.05 bits per heavy atom. The molecule has 110 valence electrons. The summed E-state index contributed by atoms with van der Waals surface area (Å²) in [4.78, 5) is 5.04. The lowest BCUT2D eigenvalue weighted by molar-refractivity contribution is 0.323. The predicted molar refractivity (Wildman–Crippen MR) is 84.0 cm³/mol. The van der Waals surface area contributed by atoms with E-state index in [0.29, 0.717) is 6.04 Å². The smallest absolute Gasteiger partial charge is 0.0210 e. The van der Waals surface area contributed by atoms with Crippen molar-refractivity contribution in [1.82, 2.24) is 15.1 Å². The van der Waals surface area contributed by atoms with Gasteiger partial charge >= 0.3 is 0 Å². The fourth-order valence-electron chi connectivity index (χ4n) is 3.51. The predicted octanol–water partition coefficient (Wildman–Crippen LogP) is 1.60. The van der Waals surface area contributed by atoms with Gasteiger partial charge in [0.15, 0.2) is 0 Å². The van der Waals surface area contributed by atoms with Gasteiger partial charge in [-0.25, -0.2) is 0 Å². The quantitative estimate of drug-likeness (QED) is 0.879. The molecule has 2 fully saturated rings. The molecule has 20 heavy (non-hydrogen) atoms. The molecule has 0 amide bonds. The first-order valence-corrected chi connectivity index (χ1v) is 8.00. The summed E-state index contributed by atoms with van der Waals surface area (Å²) in [5.74, 6) is 0. The molecule has 2 unspecified atom stereocenters. The Hall–Kier alpha value is -0.900. The van der Waals surface area contributed by atoms with Crippen molar-refractivity contribution in [3.05, 3.63) is 35.9 Å². The monoisotopic (exact) mass is 273 g/mol. The van der Waals surface area contributed by atoms with Crippen molar-refractivity contribution in [3.8, 4) is 0 Å². The maximum atomic E-state index is 3.85. The van der Waals surface area contributed by atoms with Gasteiger partial charge in [-0.05, 0) is 45.0 Å². The molecular formula is C17H27N3. The van der Waals surface area contributed by atoms with Gasteiger partial charge in [-0.3, -0.25) is 0 Å². The topological polar surface area (TPSA) is 18.5 Å². The van der Waals surface area contributed by atoms with Crippen molar-refractivity contribution >= 4 is 0 Å². The Kier molecular flexibility index (Phi) is 4.71. The third kappa shape index (κ3) is 3.81. The molecule has 3 heteroatoms. The molecule has 2 heterocycles. The normalized spacial score (nSPS) is 28.2. The Bertz CT molecular complexity index is 406. The Morgan fingerprint density at radius 2 is 1.80 bits per heavy atom. The molecule has 2 atom stereocenters. The van der Waals surface area contributed by atoms with E-state index in [1.54, 1.807) is 0 Å². The number of hydrogen-bond donors (Lipinski definition) is 1. The van der Waals surface area contributed by atoms with Gasteiger partial charge < -0.3 is 15.1 Å². The Morgan fingerprint density at radius 3 is 2.55 bits per heavy atom. The maximum absolute atomic E-state index is 3.85. The van der Waals surface area contributed by atoms with Crippen LogP contribution in [0.2, 0.25) is 0 Å². The van der Waals surface area contributed by atoms with Crippen LogP contribution in [-0.2, 0) is 6.42 Å². The van der Waals surface area contributed by atoms with E-state index >= 15 is 0 Å². The summed E-state index contributed by atoms with van der Waals surface area (Å²) in [5.41, 5.74) is 1.46. The number of benzene rings is 1. The maximum Gasteiger partial charge on any atom is 0.0210 e. The van der Waals surface area contributed by atoms with Crippen molar-refractivity contribution in [1.29, 1.82) is 0 Å². The average molecular weight is 273 g/mol. The highest BCUT2D eigenvalue weighted by molar-refractivity contribution is 5.14. The number of nitrogens with one attached hydrogen (secondary N) is 1. The van der Waals surface area contributed by atoms with Gasteiger partial charge in [-0.2, -0.15) is 0 Å². The molecule has 0 saturated carbocycles. The number of rotatable bonds is 5. The molecule has 0 spiro atoms. The zero-order chi connectivity index (χ0) is 13.8. The van der Waals surface area contributed by atoms with E-state index in [-0.39, 0.29) is 0 Å². The van der Waals surface area contributed by atoms with Crippen LogP contribution in [0.3, 0.4) is 0 Å². The molecule has 2 aliphatic heterocycles. The van der Waals surface area contributed by atoms with Crippen molar-refractivity contribution < 1.29 is 0 Å². The van der Waals surface area contributed by atoms with Crippen molar-refractivity contribution in [2.24, 2.45) is 0 Å². The molecular weight excluding hydrogens is 246 g/mol. The van der Waals surface area contributed by atoms with Gasteiger partial charge in [0.1, 0.15) is 0 Å². The number of likely N-dealkylation sites (N-methyl/N-ethyl adjacent to an activating group) is 1. The van der Waals surface area contributed by atoms with Gasteiger partial charge in [0.25, 0.3) is 0 Å². The van der Waals surface area contributed by atoms with E-state index in [1.807, 2.05) is 0 Å². The van der Waals surface area contributed by atoms with Crippen LogP contribution < -0.4 is 5.32 Å². The van der Waals surface area contributed by atoms with Gasteiger partial charge in [-0.15, -0.1) is 0 Å².